The molecule has 0 atom stereocenters. The number of benzene rings is 1. The van der Waals surface area contributed by atoms with Crippen molar-refractivity contribution in [1.29, 1.82) is 0 Å². The van der Waals surface area contributed by atoms with Gasteiger partial charge < -0.3 is 5.73 Å². The Morgan fingerprint density at radius 1 is 1.25 bits per heavy atom. The number of nitrogens with two attached hydrogens (primary N) is 1. The maximum atomic E-state index is 6.74. The predicted molar refractivity (Wildman–Crippen MR) is 87.7 cm³/mol. The van der Waals surface area contributed by atoms with Crippen molar-refractivity contribution in [1.82, 2.24) is 0 Å². The van der Waals surface area contributed by atoms with Gasteiger partial charge in [-0.3, -0.25) is 0 Å². The monoisotopic (exact) mass is 273 g/mol. The molecule has 1 heteroatoms. The summed E-state index contributed by atoms with van der Waals surface area (Å²) in [5.74, 6) is 1.62. The molecule has 1 nitrogen and oxygen atoms in total. The molecule has 2 N–H and O–H groups in total. The number of rotatable bonds is 5. The molecule has 0 heterocycles. The van der Waals surface area contributed by atoms with E-state index in [1.807, 2.05) is 0 Å². The van der Waals surface area contributed by atoms with Crippen molar-refractivity contribution >= 4 is 0 Å². The van der Waals surface area contributed by atoms with Crippen LogP contribution in [0.4, 0.5) is 0 Å². The van der Waals surface area contributed by atoms with Crippen molar-refractivity contribution in [2.45, 2.75) is 71.3 Å². The first-order valence-corrected chi connectivity index (χ1v) is 8.42. The topological polar surface area (TPSA) is 26.0 Å². The van der Waals surface area contributed by atoms with E-state index in [4.69, 9.17) is 5.73 Å². The molecule has 0 aliphatic heterocycles. The van der Waals surface area contributed by atoms with E-state index in [-0.39, 0.29) is 5.54 Å². The highest BCUT2D eigenvalue weighted by Crippen LogP contribution is 2.39. The summed E-state index contributed by atoms with van der Waals surface area (Å²) >= 11 is 0. The van der Waals surface area contributed by atoms with Gasteiger partial charge in [0.25, 0.3) is 0 Å². The smallest absolute Gasteiger partial charge is 0.0409 e. The molecule has 2 rings (SSSR count). The van der Waals surface area contributed by atoms with E-state index in [1.54, 1.807) is 0 Å². The lowest BCUT2D eigenvalue weighted by atomic mass is 9.72. The van der Waals surface area contributed by atoms with Crippen molar-refractivity contribution < 1.29 is 0 Å². The van der Waals surface area contributed by atoms with Crippen molar-refractivity contribution in [3.63, 3.8) is 0 Å². The molecule has 112 valence electrons. The molecule has 0 radical (unpaired) electrons. The zero-order valence-corrected chi connectivity index (χ0v) is 13.5. The van der Waals surface area contributed by atoms with Gasteiger partial charge in [-0.15, -0.1) is 0 Å². The Kier molecular flexibility index (Phi) is 5.26. The maximum Gasteiger partial charge on any atom is 0.0409 e. The summed E-state index contributed by atoms with van der Waals surface area (Å²) in [5, 5.41) is 0. The van der Waals surface area contributed by atoms with Crippen LogP contribution < -0.4 is 5.73 Å². The van der Waals surface area contributed by atoms with Gasteiger partial charge in [-0.2, -0.15) is 0 Å². The highest BCUT2D eigenvalue weighted by Gasteiger charge is 2.32. The molecule has 1 aromatic carbocycles. The summed E-state index contributed by atoms with van der Waals surface area (Å²) in [6.45, 7) is 6.85. The van der Waals surface area contributed by atoms with Crippen LogP contribution in [0.3, 0.4) is 0 Å². The second kappa shape index (κ2) is 6.76. The Balaban J connectivity index is 2.07. The summed E-state index contributed by atoms with van der Waals surface area (Å²) in [6.07, 6.45) is 8.76. The zero-order chi connectivity index (χ0) is 14.6. The molecule has 0 unspecified atom stereocenters. The molecule has 0 spiro atoms. The highest BCUT2D eigenvalue weighted by atomic mass is 14.7. The summed E-state index contributed by atoms with van der Waals surface area (Å²) in [5.41, 5.74) is 9.48. The van der Waals surface area contributed by atoms with Gasteiger partial charge in [0.1, 0.15) is 0 Å². The molecule has 0 saturated heterocycles. The van der Waals surface area contributed by atoms with Crippen molar-refractivity contribution in [3.8, 4) is 0 Å². The minimum atomic E-state index is -0.0722. The van der Waals surface area contributed by atoms with E-state index in [9.17, 15) is 0 Å². The van der Waals surface area contributed by atoms with E-state index < -0.39 is 0 Å². The quantitative estimate of drug-likeness (QED) is 0.800. The molecule has 1 fully saturated rings. The predicted octanol–water partition coefficient (Wildman–Crippen LogP) is 5.03. The van der Waals surface area contributed by atoms with Crippen LogP contribution in [-0.4, -0.2) is 0 Å². The van der Waals surface area contributed by atoms with Crippen LogP contribution in [0.25, 0.3) is 0 Å². The van der Waals surface area contributed by atoms with Crippen molar-refractivity contribution in [3.05, 3.63) is 35.4 Å². The molecule has 0 aromatic heterocycles. The average molecular weight is 273 g/mol. The summed E-state index contributed by atoms with van der Waals surface area (Å²) in [7, 11) is 0. The van der Waals surface area contributed by atoms with Gasteiger partial charge in [0.05, 0.1) is 0 Å². The first-order chi connectivity index (χ1) is 9.53. The van der Waals surface area contributed by atoms with Crippen molar-refractivity contribution in [2.24, 2.45) is 17.6 Å². The van der Waals surface area contributed by atoms with Crippen molar-refractivity contribution in [2.75, 3.05) is 0 Å². The highest BCUT2D eigenvalue weighted by molar-refractivity contribution is 5.30. The Bertz CT molecular complexity index is 414. The van der Waals surface area contributed by atoms with Crippen LogP contribution in [0.15, 0.2) is 24.3 Å². The molecule has 1 aromatic rings. The van der Waals surface area contributed by atoms with Crippen LogP contribution in [0.5, 0.6) is 0 Å². The van der Waals surface area contributed by atoms with Crippen LogP contribution in [0.2, 0.25) is 0 Å². The Morgan fingerprint density at radius 2 is 1.95 bits per heavy atom. The largest absolute Gasteiger partial charge is 0.321 e. The van der Waals surface area contributed by atoms with Crippen LogP contribution >= 0.6 is 0 Å². The fourth-order valence-corrected chi connectivity index (χ4v) is 3.66. The molecule has 1 saturated carbocycles. The Morgan fingerprint density at radius 3 is 2.55 bits per heavy atom. The second-order valence-electron chi connectivity index (χ2n) is 7.19. The fourth-order valence-electron chi connectivity index (χ4n) is 3.66. The van der Waals surface area contributed by atoms with E-state index in [0.29, 0.717) is 5.92 Å². The summed E-state index contributed by atoms with van der Waals surface area (Å²) in [6, 6.07) is 9.04. The maximum absolute atomic E-state index is 6.74. The standard InChI is InChI=1S/C19H31N/c1-4-6-16-9-11-19(20,12-10-16)18-8-5-7-17(14-18)13-15(2)3/h5,7-8,14-16H,4,6,9-13,20H2,1-3H3. The third-order valence-electron chi connectivity index (χ3n) is 4.84. The SMILES string of the molecule is CCCC1CCC(N)(c2cccc(CC(C)C)c2)CC1. The molecular weight excluding hydrogens is 242 g/mol. The first kappa shape index (κ1) is 15.6. The van der Waals surface area contributed by atoms with E-state index in [1.165, 1.54) is 36.8 Å². The summed E-state index contributed by atoms with van der Waals surface area (Å²) < 4.78 is 0. The van der Waals surface area contributed by atoms with Crippen LogP contribution in [0, 0.1) is 11.8 Å². The molecule has 1 aliphatic rings. The van der Waals surface area contributed by atoms with Gasteiger partial charge in [-0.25, -0.2) is 0 Å². The lowest BCUT2D eigenvalue weighted by molar-refractivity contribution is 0.226. The molecular formula is C19H31N. The normalized spacial score (nSPS) is 26.9. The number of hydrogen-bond acceptors (Lipinski definition) is 1. The molecule has 0 amide bonds. The lowest BCUT2D eigenvalue weighted by Crippen LogP contribution is -2.40. The van der Waals surface area contributed by atoms with E-state index >= 15 is 0 Å². The first-order valence-electron chi connectivity index (χ1n) is 8.42. The third kappa shape index (κ3) is 3.85. The molecule has 1 aliphatic carbocycles. The minimum Gasteiger partial charge on any atom is -0.321 e. The third-order valence-corrected chi connectivity index (χ3v) is 4.84. The Labute approximate surface area is 125 Å². The Hall–Kier alpha value is -0.820. The fraction of sp³-hybridized carbons (Fsp3) is 0.684. The minimum absolute atomic E-state index is 0.0722. The van der Waals surface area contributed by atoms with E-state index in [0.717, 1.165) is 25.2 Å². The number of hydrogen-bond donors (Lipinski definition) is 1. The lowest BCUT2D eigenvalue weighted by Gasteiger charge is -2.38. The van der Waals surface area contributed by atoms with Gasteiger partial charge in [0, 0.05) is 5.54 Å². The average Bonchev–Trinajstić information content (AvgIpc) is 2.41. The van der Waals surface area contributed by atoms with Gasteiger partial charge in [-0.1, -0.05) is 57.9 Å². The van der Waals surface area contributed by atoms with Gasteiger partial charge >= 0.3 is 0 Å². The summed E-state index contributed by atoms with van der Waals surface area (Å²) in [4.78, 5) is 0. The van der Waals surface area contributed by atoms with Gasteiger partial charge in [0.15, 0.2) is 0 Å². The van der Waals surface area contributed by atoms with Crippen LogP contribution in [-0.2, 0) is 12.0 Å². The van der Waals surface area contributed by atoms with Crippen LogP contribution in [0.1, 0.15) is 70.4 Å². The van der Waals surface area contributed by atoms with Gasteiger partial charge in [-0.05, 0) is 55.1 Å². The van der Waals surface area contributed by atoms with E-state index in [2.05, 4.69) is 45.0 Å². The molecule has 20 heavy (non-hydrogen) atoms. The zero-order valence-electron chi connectivity index (χ0n) is 13.5. The second-order valence-corrected chi connectivity index (χ2v) is 7.19. The molecule has 0 bridgehead atoms. The van der Waals surface area contributed by atoms with Gasteiger partial charge in [0.2, 0.25) is 0 Å².